The van der Waals surface area contributed by atoms with E-state index in [-0.39, 0.29) is 11.9 Å². The van der Waals surface area contributed by atoms with E-state index in [1.54, 1.807) is 11.8 Å². The maximum atomic E-state index is 12.3. The van der Waals surface area contributed by atoms with E-state index < -0.39 is 6.04 Å². The summed E-state index contributed by atoms with van der Waals surface area (Å²) in [6.45, 7) is 6.60. The Morgan fingerprint density at radius 3 is 2.67 bits per heavy atom. The summed E-state index contributed by atoms with van der Waals surface area (Å²) in [7, 11) is 0. The van der Waals surface area contributed by atoms with Gasteiger partial charge in [0.25, 0.3) is 0 Å². The predicted octanol–water partition coefficient (Wildman–Crippen LogP) is 2.29. The van der Waals surface area contributed by atoms with Gasteiger partial charge in [0.15, 0.2) is 0 Å². The maximum absolute atomic E-state index is 12.3. The number of likely N-dealkylation sites (tertiary alicyclic amines) is 1. The number of ether oxygens (including phenoxy) is 1. The molecule has 1 fully saturated rings. The Morgan fingerprint density at radius 1 is 1.33 bits per heavy atom. The number of hydrogen-bond donors (Lipinski definition) is 0. The molecule has 1 amide bonds. The zero-order valence-electron chi connectivity index (χ0n) is 11.6. The number of nitrogens with zero attached hydrogens (tertiary/aromatic N) is 1. The highest BCUT2D eigenvalue weighted by Crippen LogP contribution is 2.20. The van der Waals surface area contributed by atoms with Crippen molar-refractivity contribution in [1.29, 1.82) is 0 Å². The second kappa shape index (κ2) is 7.19. The highest BCUT2D eigenvalue weighted by atomic mass is 16.5. The minimum atomic E-state index is -0.397. The Balaban J connectivity index is 2.79. The maximum Gasteiger partial charge on any atom is 0.328 e. The van der Waals surface area contributed by atoms with E-state index in [0.717, 1.165) is 19.3 Å². The average molecular weight is 253 g/mol. The molecule has 0 spiro atoms. The van der Waals surface area contributed by atoms with Crippen molar-refractivity contribution in [3.8, 4) is 0 Å². The summed E-state index contributed by atoms with van der Waals surface area (Å²) in [5.41, 5.74) is 0.716. The molecule has 1 atom stereocenters. The van der Waals surface area contributed by atoms with Gasteiger partial charge in [0.2, 0.25) is 5.91 Å². The molecule has 0 saturated carbocycles. The van der Waals surface area contributed by atoms with Crippen LogP contribution in [0.4, 0.5) is 0 Å². The van der Waals surface area contributed by atoms with Crippen molar-refractivity contribution in [2.24, 2.45) is 0 Å². The Kier molecular flexibility index (Phi) is 5.89. The van der Waals surface area contributed by atoms with E-state index in [2.05, 4.69) is 0 Å². The van der Waals surface area contributed by atoms with Gasteiger partial charge in [-0.2, -0.15) is 0 Å². The quantitative estimate of drug-likeness (QED) is 0.570. The van der Waals surface area contributed by atoms with Crippen LogP contribution in [0.1, 0.15) is 46.5 Å². The van der Waals surface area contributed by atoms with Crippen molar-refractivity contribution in [3.63, 3.8) is 0 Å². The van der Waals surface area contributed by atoms with Gasteiger partial charge in [-0.25, -0.2) is 4.79 Å². The van der Waals surface area contributed by atoms with Crippen LogP contribution < -0.4 is 0 Å². The largest absolute Gasteiger partial charge is 0.464 e. The molecule has 102 valence electrons. The Bertz CT molecular complexity index is 336. The second-order valence-electron chi connectivity index (χ2n) is 4.56. The minimum Gasteiger partial charge on any atom is -0.464 e. The highest BCUT2D eigenvalue weighted by molar-refractivity contribution is 5.95. The molecule has 1 aliphatic rings. The van der Waals surface area contributed by atoms with Crippen LogP contribution in [-0.4, -0.2) is 36.0 Å². The van der Waals surface area contributed by atoms with Gasteiger partial charge in [0, 0.05) is 12.1 Å². The first-order chi connectivity index (χ1) is 8.61. The molecule has 18 heavy (non-hydrogen) atoms. The van der Waals surface area contributed by atoms with Crippen LogP contribution in [-0.2, 0) is 14.3 Å². The van der Waals surface area contributed by atoms with Gasteiger partial charge in [0.05, 0.1) is 6.61 Å². The average Bonchev–Trinajstić information content (AvgIpc) is 2.38. The summed E-state index contributed by atoms with van der Waals surface area (Å²) in [4.78, 5) is 25.8. The molecule has 1 heterocycles. The molecular weight excluding hydrogens is 230 g/mol. The summed E-state index contributed by atoms with van der Waals surface area (Å²) < 4.78 is 5.05. The van der Waals surface area contributed by atoms with Crippen LogP contribution in [0.15, 0.2) is 11.6 Å². The van der Waals surface area contributed by atoms with Crippen molar-refractivity contribution in [1.82, 2.24) is 4.90 Å². The fourth-order valence-electron chi connectivity index (χ4n) is 2.28. The lowest BCUT2D eigenvalue weighted by Gasteiger charge is -2.34. The van der Waals surface area contributed by atoms with Crippen molar-refractivity contribution in [2.75, 3.05) is 13.2 Å². The third-order valence-corrected chi connectivity index (χ3v) is 3.17. The molecule has 0 radical (unpaired) electrons. The summed E-state index contributed by atoms with van der Waals surface area (Å²) in [5.74, 6) is -0.301. The summed E-state index contributed by atoms with van der Waals surface area (Å²) >= 11 is 0. The Labute approximate surface area is 109 Å². The zero-order chi connectivity index (χ0) is 13.5. The van der Waals surface area contributed by atoms with Gasteiger partial charge in [-0.3, -0.25) is 4.79 Å². The van der Waals surface area contributed by atoms with E-state index in [9.17, 15) is 9.59 Å². The van der Waals surface area contributed by atoms with Gasteiger partial charge >= 0.3 is 5.97 Å². The molecule has 0 aromatic carbocycles. The molecule has 4 nitrogen and oxygen atoms in total. The molecule has 1 rings (SSSR count). The lowest BCUT2D eigenvalue weighted by Crippen LogP contribution is -2.49. The van der Waals surface area contributed by atoms with Crippen LogP contribution in [0.5, 0.6) is 0 Å². The number of carbonyl (C=O) groups excluding carboxylic acids is 2. The number of rotatable bonds is 4. The lowest BCUT2D eigenvalue weighted by atomic mass is 10.0. The molecule has 1 aliphatic heterocycles. The number of allylic oxidation sites excluding steroid dienone is 1. The SMILES string of the molecule is CCC=C(C)C(=O)N1CCCCC1C(=O)OCC. The van der Waals surface area contributed by atoms with Gasteiger partial charge < -0.3 is 9.64 Å². The molecule has 4 heteroatoms. The number of hydrogen-bond acceptors (Lipinski definition) is 3. The number of piperidine rings is 1. The smallest absolute Gasteiger partial charge is 0.328 e. The normalized spacial score (nSPS) is 20.7. The van der Waals surface area contributed by atoms with Crippen LogP contribution >= 0.6 is 0 Å². The van der Waals surface area contributed by atoms with E-state index in [1.165, 1.54) is 0 Å². The van der Waals surface area contributed by atoms with E-state index >= 15 is 0 Å². The number of carbonyl (C=O) groups is 2. The van der Waals surface area contributed by atoms with Crippen molar-refractivity contribution in [2.45, 2.75) is 52.5 Å². The van der Waals surface area contributed by atoms with Crippen molar-refractivity contribution >= 4 is 11.9 Å². The fourth-order valence-corrected chi connectivity index (χ4v) is 2.28. The Morgan fingerprint density at radius 2 is 2.06 bits per heavy atom. The first-order valence-electron chi connectivity index (χ1n) is 6.76. The molecule has 1 saturated heterocycles. The number of amides is 1. The standard InChI is InChI=1S/C14H23NO3/c1-4-8-11(3)13(16)15-10-7-6-9-12(15)14(17)18-5-2/h8,12H,4-7,9-10H2,1-3H3. The predicted molar refractivity (Wildman–Crippen MR) is 70.0 cm³/mol. The topological polar surface area (TPSA) is 46.6 Å². The van der Waals surface area contributed by atoms with E-state index in [1.807, 2.05) is 19.9 Å². The van der Waals surface area contributed by atoms with Crippen molar-refractivity contribution in [3.05, 3.63) is 11.6 Å². The van der Waals surface area contributed by atoms with Crippen LogP contribution in [0.25, 0.3) is 0 Å². The first-order valence-corrected chi connectivity index (χ1v) is 6.76. The van der Waals surface area contributed by atoms with E-state index in [4.69, 9.17) is 4.74 Å². The second-order valence-corrected chi connectivity index (χ2v) is 4.56. The summed E-state index contributed by atoms with van der Waals surface area (Å²) in [6.07, 6.45) is 5.38. The Hall–Kier alpha value is -1.32. The summed E-state index contributed by atoms with van der Waals surface area (Å²) in [6, 6.07) is -0.397. The zero-order valence-corrected chi connectivity index (χ0v) is 11.6. The van der Waals surface area contributed by atoms with Gasteiger partial charge in [-0.15, -0.1) is 0 Å². The summed E-state index contributed by atoms with van der Waals surface area (Å²) in [5, 5.41) is 0. The van der Waals surface area contributed by atoms with Gasteiger partial charge in [-0.1, -0.05) is 13.0 Å². The van der Waals surface area contributed by atoms with Crippen LogP contribution in [0.3, 0.4) is 0 Å². The van der Waals surface area contributed by atoms with Gasteiger partial charge in [-0.05, 0) is 39.5 Å². The van der Waals surface area contributed by atoms with E-state index in [0.29, 0.717) is 25.1 Å². The molecule has 0 aliphatic carbocycles. The molecule has 0 aromatic heterocycles. The molecule has 0 bridgehead atoms. The third kappa shape index (κ3) is 3.59. The first kappa shape index (κ1) is 14.7. The third-order valence-electron chi connectivity index (χ3n) is 3.17. The lowest BCUT2D eigenvalue weighted by molar-refractivity contribution is -0.155. The minimum absolute atomic E-state index is 0.0328. The molecular formula is C14H23NO3. The van der Waals surface area contributed by atoms with Crippen LogP contribution in [0, 0.1) is 0 Å². The van der Waals surface area contributed by atoms with Crippen LogP contribution in [0.2, 0.25) is 0 Å². The highest BCUT2D eigenvalue weighted by Gasteiger charge is 2.33. The molecule has 0 N–H and O–H groups in total. The monoisotopic (exact) mass is 253 g/mol. The molecule has 0 aromatic rings. The molecule has 1 unspecified atom stereocenters. The van der Waals surface area contributed by atoms with Crippen molar-refractivity contribution < 1.29 is 14.3 Å². The fraction of sp³-hybridized carbons (Fsp3) is 0.714. The number of esters is 1. The van der Waals surface area contributed by atoms with Gasteiger partial charge in [0.1, 0.15) is 6.04 Å².